The zero-order valence-electron chi connectivity index (χ0n) is 18.6. The minimum atomic E-state index is -2.18. The highest BCUT2D eigenvalue weighted by molar-refractivity contribution is 7.80. The molecular weight excluding hydrogens is 430 g/mol. The maximum atomic E-state index is 12.4. The standard InChI is InChI=1S/C22H29N5O4S/c1-4-27(5-2,6-3)15-21(28)23-17-7-11-19(12-8-17)25-26-20-13-9-18(10-14-20)24-22(29)16-32(30)31/h7-14H,4-6,15-16H2,1-3H3,(H2-,23,24,25,26,28,29,30,31)/p+1. The normalized spacial score (nSPS) is 12.5. The Morgan fingerprint density at radius 3 is 1.59 bits per heavy atom. The lowest BCUT2D eigenvalue weighted by Gasteiger charge is -2.34. The molecular formula is C22H30N5O4S+. The van der Waals surface area contributed by atoms with Crippen LogP contribution >= 0.6 is 0 Å². The van der Waals surface area contributed by atoms with Gasteiger partial charge in [0.2, 0.25) is 5.91 Å². The number of nitrogens with one attached hydrogen (secondary N) is 2. The van der Waals surface area contributed by atoms with Gasteiger partial charge in [-0.25, -0.2) is 4.21 Å². The van der Waals surface area contributed by atoms with Gasteiger partial charge >= 0.3 is 0 Å². The van der Waals surface area contributed by atoms with Crippen LogP contribution in [0.15, 0.2) is 58.8 Å². The number of nitrogens with zero attached hydrogens (tertiary/aromatic N) is 3. The topological polar surface area (TPSA) is 120 Å². The summed E-state index contributed by atoms with van der Waals surface area (Å²) in [6, 6.07) is 13.7. The van der Waals surface area contributed by atoms with Crippen molar-refractivity contribution in [3.8, 4) is 0 Å². The number of carbonyl (C=O) groups is 2. The van der Waals surface area contributed by atoms with Crippen LogP contribution in [0, 0.1) is 0 Å². The summed E-state index contributed by atoms with van der Waals surface area (Å²) in [5, 5.41) is 13.8. The predicted octanol–water partition coefficient (Wildman–Crippen LogP) is 4.08. The third kappa shape index (κ3) is 7.95. The largest absolute Gasteiger partial charge is 0.325 e. The van der Waals surface area contributed by atoms with E-state index in [1.165, 1.54) is 0 Å². The van der Waals surface area contributed by atoms with Gasteiger partial charge in [0.1, 0.15) is 5.75 Å². The van der Waals surface area contributed by atoms with Crippen molar-refractivity contribution in [2.75, 3.05) is 42.6 Å². The molecule has 0 fully saturated rings. The molecule has 1 atom stereocenters. The third-order valence-corrected chi connectivity index (χ3v) is 5.84. The monoisotopic (exact) mass is 460 g/mol. The fraction of sp³-hybridized carbons (Fsp3) is 0.364. The quantitative estimate of drug-likeness (QED) is 0.266. The van der Waals surface area contributed by atoms with Crippen LogP contribution in [0.5, 0.6) is 0 Å². The molecule has 0 aliphatic heterocycles. The van der Waals surface area contributed by atoms with Crippen molar-refractivity contribution >= 4 is 45.6 Å². The van der Waals surface area contributed by atoms with Gasteiger partial charge in [-0.3, -0.25) is 9.59 Å². The molecule has 0 heterocycles. The Kier molecular flexibility index (Phi) is 9.63. The van der Waals surface area contributed by atoms with Crippen molar-refractivity contribution < 1.29 is 22.8 Å². The van der Waals surface area contributed by atoms with Crippen LogP contribution in [0.25, 0.3) is 0 Å². The van der Waals surface area contributed by atoms with E-state index in [1.54, 1.807) is 48.5 Å². The molecule has 0 bridgehead atoms. The molecule has 2 rings (SSSR count). The summed E-state index contributed by atoms with van der Waals surface area (Å²) in [5.41, 5.74) is 2.42. The molecule has 172 valence electrons. The van der Waals surface area contributed by atoms with Gasteiger partial charge in [-0.2, -0.15) is 10.2 Å². The number of likely N-dealkylation sites (N-methyl/N-ethyl adjacent to an activating group) is 1. The SMILES string of the molecule is CC[N+](CC)(CC)CC(=O)Nc1ccc(N=Nc2ccc(NC(=O)CS(=O)O)cc2)cc1. The predicted molar refractivity (Wildman–Crippen MR) is 127 cm³/mol. The van der Waals surface area contributed by atoms with Crippen molar-refractivity contribution in [3.05, 3.63) is 48.5 Å². The van der Waals surface area contributed by atoms with Gasteiger partial charge in [-0.1, -0.05) is 0 Å². The van der Waals surface area contributed by atoms with Crippen molar-refractivity contribution in [2.24, 2.45) is 10.2 Å². The maximum absolute atomic E-state index is 12.4. The minimum absolute atomic E-state index is 0.0117. The van der Waals surface area contributed by atoms with E-state index in [9.17, 15) is 13.8 Å². The van der Waals surface area contributed by atoms with E-state index in [2.05, 4.69) is 41.6 Å². The fourth-order valence-corrected chi connectivity index (χ4v) is 3.46. The molecule has 0 aliphatic carbocycles. The number of rotatable bonds is 11. The second-order valence-corrected chi connectivity index (χ2v) is 8.24. The molecule has 0 spiro atoms. The number of azo groups is 1. The fourth-order valence-electron chi connectivity index (χ4n) is 3.16. The Morgan fingerprint density at radius 1 is 0.812 bits per heavy atom. The van der Waals surface area contributed by atoms with E-state index < -0.39 is 22.7 Å². The highest BCUT2D eigenvalue weighted by Crippen LogP contribution is 2.22. The van der Waals surface area contributed by atoms with Gasteiger partial charge in [0.25, 0.3) is 5.91 Å². The molecule has 0 saturated carbocycles. The summed E-state index contributed by atoms with van der Waals surface area (Å²) in [4.78, 5) is 23.9. The Hall–Kier alpha value is -2.95. The molecule has 0 saturated heterocycles. The highest BCUT2D eigenvalue weighted by Gasteiger charge is 2.24. The number of anilines is 2. The minimum Gasteiger partial charge on any atom is -0.325 e. The van der Waals surface area contributed by atoms with Crippen molar-refractivity contribution in [3.63, 3.8) is 0 Å². The second-order valence-electron chi connectivity index (χ2n) is 7.30. The number of amides is 2. The molecule has 10 heteroatoms. The number of quaternary nitrogens is 1. The number of hydrogen-bond donors (Lipinski definition) is 3. The Labute approximate surface area is 190 Å². The van der Waals surface area contributed by atoms with Gasteiger partial charge < -0.3 is 19.7 Å². The van der Waals surface area contributed by atoms with Gasteiger partial charge in [0, 0.05) is 11.4 Å². The van der Waals surface area contributed by atoms with E-state index in [0.717, 1.165) is 24.1 Å². The van der Waals surface area contributed by atoms with E-state index in [4.69, 9.17) is 4.55 Å². The molecule has 32 heavy (non-hydrogen) atoms. The first kappa shape index (κ1) is 25.3. The summed E-state index contributed by atoms with van der Waals surface area (Å²) in [7, 11) is 0. The number of carbonyl (C=O) groups excluding carboxylic acids is 2. The Bertz CT molecular complexity index is 949. The van der Waals surface area contributed by atoms with Gasteiger partial charge in [0.05, 0.1) is 31.0 Å². The summed E-state index contributed by atoms with van der Waals surface area (Å²) < 4.78 is 20.1. The van der Waals surface area contributed by atoms with Gasteiger partial charge in [0.15, 0.2) is 17.6 Å². The van der Waals surface area contributed by atoms with Crippen molar-refractivity contribution in [1.82, 2.24) is 0 Å². The zero-order valence-corrected chi connectivity index (χ0v) is 19.4. The molecule has 3 N–H and O–H groups in total. The molecule has 9 nitrogen and oxygen atoms in total. The summed E-state index contributed by atoms with van der Waals surface area (Å²) in [6.07, 6.45) is 0. The molecule has 1 unspecified atom stereocenters. The first-order valence-corrected chi connectivity index (χ1v) is 11.7. The third-order valence-electron chi connectivity index (χ3n) is 5.33. The van der Waals surface area contributed by atoms with Crippen LogP contribution < -0.4 is 10.6 Å². The molecule has 0 aliphatic rings. The lowest BCUT2D eigenvalue weighted by molar-refractivity contribution is -0.915. The second kappa shape index (κ2) is 12.2. The van der Waals surface area contributed by atoms with E-state index in [-0.39, 0.29) is 5.91 Å². The van der Waals surface area contributed by atoms with Crippen LogP contribution in [0.4, 0.5) is 22.7 Å². The van der Waals surface area contributed by atoms with Crippen molar-refractivity contribution in [1.29, 1.82) is 0 Å². The van der Waals surface area contributed by atoms with E-state index in [1.807, 2.05) is 0 Å². The van der Waals surface area contributed by atoms with Crippen LogP contribution in [-0.2, 0) is 20.7 Å². The van der Waals surface area contributed by atoms with E-state index >= 15 is 0 Å². The maximum Gasteiger partial charge on any atom is 0.279 e. The summed E-state index contributed by atoms with van der Waals surface area (Å²) in [6.45, 7) is 9.49. The summed E-state index contributed by atoms with van der Waals surface area (Å²) >= 11 is -2.18. The number of hydrogen-bond acceptors (Lipinski definition) is 5. The zero-order chi connectivity index (χ0) is 23.6. The first-order chi connectivity index (χ1) is 15.3. The summed E-state index contributed by atoms with van der Waals surface area (Å²) in [5.74, 6) is -1.04. The van der Waals surface area contributed by atoms with Crippen LogP contribution in [0.1, 0.15) is 20.8 Å². The van der Waals surface area contributed by atoms with Crippen LogP contribution in [-0.4, -0.2) is 57.0 Å². The first-order valence-electron chi connectivity index (χ1n) is 10.4. The molecule has 2 amide bonds. The average molecular weight is 461 g/mol. The molecule has 0 aromatic heterocycles. The van der Waals surface area contributed by atoms with Gasteiger partial charge in [-0.05, 0) is 69.3 Å². The Morgan fingerprint density at radius 2 is 1.22 bits per heavy atom. The lowest BCUT2D eigenvalue weighted by Crippen LogP contribution is -2.51. The molecule has 2 aromatic rings. The van der Waals surface area contributed by atoms with Crippen LogP contribution in [0.3, 0.4) is 0 Å². The lowest BCUT2D eigenvalue weighted by atomic mass is 10.2. The highest BCUT2D eigenvalue weighted by atomic mass is 32.2. The van der Waals surface area contributed by atoms with Crippen LogP contribution in [0.2, 0.25) is 0 Å². The number of benzene rings is 2. The van der Waals surface area contributed by atoms with Gasteiger partial charge in [-0.15, -0.1) is 0 Å². The van der Waals surface area contributed by atoms with Crippen molar-refractivity contribution in [2.45, 2.75) is 20.8 Å². The van der Waals surface area contributed by atoms with E-state index in [0.29, 0.717) is 29.3 Å². The molecule has 2 aromatic carbocycles. The molecule has 0 radical (unpaired) electrons. The average Bonchev–Trinajstić information content (AvgIpc) is 2.77. The smallest absolute Gasteiger partial charge is 0.279 e. The Balaban J connectivity index is 1.92.